The van der Waals surface area contributed by atoms with Crippen LogP contribution in [-0.4, -0.2) is 16.6 Å². The number of aryl methyl sites for hydroxylation is 1. The average Bonchev–Trinajstić information content (AvgIpc) is 2.35. The zero-order valence-electron chi connectivity index (χ0n) is 14.1. The number of pyridine rings is 1. The van der Waals surface area contributed by atoms with Crippen LogP contribution in [0.2, 0.25) is 0 Å². The largest absolute Gasteiger partial charge is 0.474 e. The van der Waals surface area contributed by atoms with E-state index in [1.54, 1.807) is 0 Å². The normalized spacial score (nSPS) is 13.6. The monoisotopic (exact) mass is 278 g/mol. The first-order valence-electron chi connectivity index (χ1n) is 7.62. The average molecular weight is 278 g/mol. The number of nitrogens with one attached hydrogen (secondary N) is 1. The van der Waals surface area contributed by atoms with Gasteiger partial charge < -0.3 is 10.1 Å². The highest BCUT2D eigenvalue weighted by Gasteiger charge is 2.13. The Morgan fingerprint density at radius 2 is 1.85 bits per heavy atom. The van der Waals surface area contributed by atoms with E-state index in [0.717, 1.165) is 24.5 Å². The summed E-state index contributed by atoms with van der Waals surface area (Å²) < 4.78 is 5.95. The van der Waals surface area contributed by atoms with E-state index in [0.29, 0.717) is 5.92 Å². The summed E-state index contributed by atoms with van der Waals surface area (Å²) in [6, 6.07) is 4.21. The van der Waals surface area contributed by atoms with Crippen molar-refractivity contribution in [2.24, 2.45) is 5.92 Å². The molecule has 0 aromatic carbocycles. The summed E-state index contributed by atoms with van der Waals surface area (Å²) in [4.78, 5) is 4.57. The Balaban J connectivity index is 2.85. The highest BCUT2D eigenvalue weighted by molar-refractivity contribution is 5.25. The fourth-order valence-electron chi connectivity index (χ4n) is 1.66. The van der Waals surface area contributed by atoms with Crippen LogP contribution >= 0.6 is 0 Å². The van der Waals surface area contributed by atoms with E-state index in [-0.39, 0.29) is 11.6 Å². The first-order chi connectivity index (χ1) is 9.21. The van der Waals surface area contributed by atoms with Gasteiger partial charge in [-0.15, -0.1) is 0 Å². The minimum absolute atomic E-state index is 0.113. The molecule has 1 atom stereocenters. The van der Waals surface area contributed by atoms with Crippen LogP contribution in [0.3, 0.4) is 0 Å². The van der Waals surface area contributed by atoms with E-state index in [1.807, 2.05) is 0 Å². The summed E-state index contributed by atoms with van der Waals surface area (Å²) in [5.74, 6) is 1.23. The molecule has 1 aromatic rings. The van der Waals surface area contributed by atoms with Gasteiger partial charge in [0, 0.05) is 23.8 Å². The van der Waals surface area contributed by atoms with Crippen molar-refractivity contribution in [2.75, 3.05) is 0 Å². The first kappa shape index (κ1) is 17.0. The maximum absolute atomic E-state index is 5.95. The van der Waals surface area contributed by atoms with Crippen LogP contribution in [0.4, 0.5) is 0 Å². The van der Waals surface area contributed by atoms with E-state index in [4.69, 9.17) is 4.74 Å². The van der Waals surface area contributed by atoms with Gasteiger partial charge in [-0.2, -0.15) is 0 Å². The molecule has 1 rings (SSSR count). The lowest BCUT2D eigenvalue weighted by Crippen LogP contribution is -2.35. The molecule has 1 aromatic heterocycles. The molecule has 1 heterocycles. The molecule has 0 aliphatic rings. The molecule has 20 heavy (non-hydrogen) atoms. The van der Waals surface area contributed by atoms with Gasteiger partial charge in [0.05, 0.1) is 6.10 Å². The van der Waals surface area contributed by atoms with Gasteiger partial charge >= 0.3 is 0 Å². The molecule has 0 aliphatic carbocycles. The third-order valence-corrected chi connectivity index (χ3v) is 3.35. The van der Waals surface area contributed by atoms with Crippen LogP contribution in [0.1, 0.15) is 59.7 Å². The Morgan fingerprint density at radius 3 is 2.35 bits per heavy atom. The summed E-state index contributed by atoms with van der Waals surface area (Å²) in [5.41, 5.74) is 2.43. The van der Waals surface area contributed by atoms with Crippen molar-refractivity contribution in [1.82, 2.24) is 10.3 Å². The quantitative estimate of drug-likeness (QED) is 0.855. The van der Waals surface area contributed by atoms with Crippen LogP contribution in [0.15, 0.2) is 12.1 Å². The first-order valence-corrected chi connectivity index (χ1v) is 7.62. The maximum atomic E-state index is 5.95. The molecule has 3 heteroatoms. The van der Waals surface area contributed by atoms with Crippen LogP contribution in [0, 0.1) is 5.92 Å². The number of ether oxygens (including phenoxy) is 1. The Bertz CT molecular complexity index is 421. The Morgan fingerprint density at radius 1 is 1.20 bits per heavy atom. The van der Waals surface area contributed by atoms with Crippen molar-refractivity contribution in [1.29, 1.82) is 0 Å². The maximum Gasteiger partial charge on any atom is 0.214 e. The van der Waals surface area contributed by atoms with E-state index in [1.165, 1.54) is 5.56 Å². The minimum atomic E-state index is 0.113. The SMILES string of the molecule is CCc1cc(CNC(C)(C)C)cc(OC(C)C(C)C)n1. The number of hydrogen-bond acceptors (Lipinski definition) is 3. The third-order valence-electron chi connectivity index (χ3n) is 3.35. The number of aromatic nitrogens is 1. The van der Waals surface area contributed by atoms with E-state index < -0.39 is 0 Å². The number of hydrogen-bond donors (Lipinski definition) is 1. The summed E-state index contributed by atoms with van der Waals surface area (Å²) in [6.07, 6.45) is 1.11. The fourth-order valence-corrected chi connectivity index (χ4v) is 1.66. The molecule has 0 radical (unpaired) electrons. The summed E-state index contributed by atoms with van der Waals surface area (Å²) >= 11 is 0. The predicted octanol–water partition coefficient (Wildman–Crippen LogP) is 3.96. The van der Waals surface area contributed by atoms with E-state index in [9.17, 15) is 0 Å². The van der Waals surface area contributed by atoms with Gasteiger partial charge in [-0.3, -0.25) is 0 Å². The number of nitrogens with zero attached hydrogens (tertiary/aromatic N) is 1. The molecule has 3 nitrogen and oxygen atoms in total. The van der Waals surface area contributed by atoms with Gasteiger partial charge in [0.25, 0.3) is 0 Å². The Hall–Kier alpha value is -1.09. The molecule has 0 bridgehead atoms. The van der Waals surface area contributed by atoms with E-state index >= 15 is 0 Å². The molecule has 0 aliphatic heterocycles. The lowest BCUT2D eigenvalue weighted by atomic mass is 10.1. The van der Waals surface area contributed by atoms with Gasteiger partial charge in [-0.25, -0.2) is 4.98 Å². The predicted molar refractivity (Wildman–Crippen MR) is 85.1 cm³/mol. The van der Waals surface area contributed by atoms with Crippen molar-refractivity contribution in [3.05, 3.63) is 23.4 Å². The molecule has 114 valence electrons. The molecule has 0 saturated heterocycles. The zero-order valence-corrected chi connectivity index (χ0v) is 14.1. The summed E-state index contributed by atoms with van der Waals surface area (Å²) in [7, 11) is 0. The number of rotatable bonds is 6. The molecule has 0 saturated carbocycles. The van der Waals surface area contributed by atoms with Crippen LogP contribution in [-0.2, 0) is 13.0 Å². The fraction of sp³-hybridized carbons (Fsp3) is 0.706. The molecule has 0 fully saturated rings. The van der Waals surface area contributed by atoms with Gasteiger partial charge in [0.15, 0.2) is 0 Å². The highest BCUT2D eigenvalue weighted by atomic mass is 16.5. The molecule has 0 amide bonds. The summed E-state index contributed by atoms with van der Waals surface area (Å²) in [5, 5.41) is 3.51. The Kier molecular flexibility index (Phi) is 6.00. The molecular formula is C17H30N2O. The zero-order chi connectivity index (χ0) is 15.3. The lowest BCUT2D eigenvalue weighted by molar-refractivity contribution is 0.163. The smallest absolute Gasteiger partial charge is 0.214 e. The van der Waals surface area contributed by atoms with Gasteiger partial charge in [0.1, 0.15) is 0 Å². The third kappa shape index (κ3) is 5.91. The highest BCUT2D eigenvalue weighted by Crippen LogP contribution is 2.18. The van der Waals surface area contributed by atoms with Gasteiger partial charge in [-0.1, -0.05) is 20.8 Å². The van der Waals surface area contributed by atoms with Crippen LogP contribution in [0.5, 0.6) is 5.88 Å². The van der Waals surface area contributed by atoms with Crippen LogP contribution < -0.4 is 10.1 Å². The second-order valence-corrected chi connectivity index (χ2v) is 6.83. The van der Waals surface area contributed by atoms with Crippen molar-refractivity contribution in [3.63, 3.8) is 0 Å². The minimum Gasteiger partial charge on any atom is -0.474 e. The molecule has 1 unspecified atom stereocenters. The van der Waals surface area contributed by atoms with Crippen molar-refractivity contribution in [3.8, 4) is 5.88 Å². The van der Waals surface area contributed by atoms with Gasteiger partial charge in [-0.05, 0) is 51.7 Å². The topological polar surface area (TPSA) is 34.1 Å². The standard InChI is InChI=1S/C17H30N2O/c1-8-15-9-14(11-18-17(5,6)7)10-16(19-15)20-13(4)12(2)3/h9-10,12-13,18H,8,11H2,1-7H3. The van der Waals surface area contributed by atoms with Crippen molar-refractivity contribution >= 4 is 0 Å². The summed E-state index contributed by atoms with van der Waals surface area (Å²) in [6.45, 7) is 15.9. The van der Waals surface area contributed by atoms with E-state index in [2.05, 4.69) is 70.9 Å². The van der Waals surface area contributed by atoms with Gasteiger partial charge in [0.2, 0.25) is 5.88 Å². The molecule has 1 N–H and O–H groups in total. The molecular weight excluding hydrogens is 248 g/mol. The van der Waals surface area contributed by atoms with Crippen LogP contribution in [0.25, 0.3) is 0 Å². The second kappa shape index (κ2) is 7.07. The second-order valence-electron chi connectivity index (χ2n) is 6.83. The Labute approximate surface area is 124 Å². The molecule has 0 spiro atoms. The van der Waals surface area contributed by atoms with Crippen molar-refractivity contribution in [2.45, 2.75) is 73.1 Å². The lowest BCUT2D eigenvalue weighted by Gasteiger charge is -2.22. The van der Waals surface area contributed by atoms with Crippen molar-refractivity contribution < 1.29 is 4.74 Å².